The lowest BCUT2D eigenvalue weighted by molar-refractivity contribution is 0.207. The second kappa shape index (κ2) is 6.76. The molecule has 1 fully saturated rings. The van der Waals surface area contributed by atoms with Gasteiger partial charge in [-0.2, -0.15) is 5.26 Å². The van der Waals surface area contributed by atoms with Crippen LogP contribution in [-0.4, -0.2) is 13.7 Å². The Balaban J connectivity index is 1.89. The number of rotatable bonds is 5. The second-order valence-electron chi connectivity index (χ2n) is 6.12. The smallest absolute Gasteiger partial charge is 0.136 e. The number of ether oxygens (including phenoxy) is 1. The van der Waals surface area contributed by atoms with Gasteiger partial charge in [0, 0.05) is 13.1 Å². The number of nitrogens with one attached hydrogen (secondary N) is 1. The number of hydrogen-bond donors (Lipinski definition) is 1. The molecule has 0 bridgehead atoms. The third-order valence-electron chi connectivity index (χ3n) is 4.33. The number of nitriles is 1. The average molecular weight is 272 g/mol. The zero-order valence-corrected chi connectivity index (χ0v) is 12.5. The van der Waals surface area contributed by atoms with Crippen molar-refractivity contribution in [3.05, 3.63) is 29.3 Å². The van der Waals surface area contributed by atoms with Gasteiger partial charge in [-0.15, -0.1) is 0 Å². The molecule has 0 spiro atoms. The van der Waals surface area contributed by atoms with Crippen LogP contribution in [0.2, 0.25) is 0 Å². The Kier molecular flexibility index (Phi) is 5.03. The van der Waals surface area contributed by atoms with Gasteiger partial charge in [0.15, 0.2) is 0 Å². The molecule has 0 unspecified atom stereocenters. The van der Waals surface area contributed by atoms with Crippen molar-refractivity contribution in [2.45, 2.75) is 45.6 Å². The van der Waals surface area contributed by atoms with Crippen molar-refractivity contribution in [3.63, 3.8) is 0 Å². The predicted molar refractivity (Wildman–Crippen MR) is 80.6 cm³/mol. The van der Waals surface area contributed by atoms with Crippen molar-refractivity contribution in [2.75, 3.05) is 13.7 Å². The van der Waals surface area contributed by atoms with Crippen LogP contribution in [0.3, 0.4) is 0 Å². The maximum atomic E-state index is 8.97. The first kappa shape index (κ1) is 14.9. The van der Waals surface area contributed by atoms with Crippen LogP contribution >= 0.6 is 0 Å². The summed E-state index contributed by atoms with van der Waals surface area (Å²) in [7, 11) is 1.61. The minimum Gasteiger partial charge on any atom is -0.495 e. The number of nitrogens with zero attached hydrogens (tertiary/aromatic N) is 1. The van der Waals surface area contributed by atoms with E-state index in [2.05, 4.69) is 18.3 Å². The fourth-order valence-corrected chi connectivity index (χ4v) is 3.03. The van der Waals surface area contributed by atoms with E-state index in [1.165, 1.54) is 37.7 Å². The molecule has 1 aliphatic rings. The summed E-state index contributed by atoms with van der Waals surface area (Å²) in [5.74, 6) is 0.663. The molecule has 0 aromatic heterocycles. The van der Waals surface area contributed by atoms with Gasteiger partial charge in [0.2, 0.25) is 0 Å². The van der Waals surface area contributed by atoms with Crippen LogP contribution in [-0.2, 0) is 6.54 Å². The molecule has 0 heterocycles. The molecule has 2 rings (SSSR count). The monoisotopic (exact) mass is 272 g/mol. The van der Waals surface area contributed by atoms with Gasteiger partial charge in [0.25, 0.3) is 0 Å². The molecule has 3 heteroatoms. The second-order valence-corrected chi connectivity index (χ2v) is 6.12. The molecule has 0 saturated heterocycles. The van der Waals surface area contributed by atoms with Crippen LogP contribution in [0.1, 0.15) is 50.2 Å². The van der Waals surface area contributed by atoms with Gasteiger partial charge in [0.05, 0.1) is 12.7 Å². The molecule has 0 aliphatic heterocycles. The largest absolute Gasteiger partial charge is 0.495 e. The van der Waals surface area contributed by atoms with E-state index in [1.54, 1.807) is 7.11 Å². The summed E-state index contributed by atoms with van der Waals surface area (Å²) >= 11 is 0. The maximum absolute atomic E-state index is 8.97. The lowest BCUT2D eigenvalue weighted by atomic mass is 9.76. The van der Waals surface area contributed by atoms with Crippen LogP contribution in [0.5, 0.6) is 5.75 Å². The zero-order chi connectivity index (χ0) is 14.4. The van der Waals surface area contributed by atoms with Gasteiger partial charge in [-0.1, -0.05) is 32.3 Å². The van der Waals surface area contributed by atoms with E-state index in [-0.39, 0.29) is 0 Å². The van der Waals surface area contributed by atoms with Crippen LogP contribution in [0, 0.1) is 16.7 Å². The van der Waals surface area contributed by atoms with Crippen LogP contribution in [0.15, 0.2) is 18.2 Å². The molecule has 3 nitrogen and oxygen atoms in total. The highest BCUT2D eigenvalue weighted by Crippen LogP contribution is 2.35. The van der Waals surface area contributed by atoms with Crippen molar-refractivity contribution in [2.24, 2.45) is 5.41 Å². The third-order valence-corrected chi connectivity index (χ3v) is 4.33. The fourth-order valence-electron chi connectivity index (χ4n) is 3.03. The van der Waals surface area contributed by atoms with Crippen LogP contribution in [0.25, 0.3) is 0 Å². The van der Waals surface area contributed by atoms with E-state index in [4.69, 9.17) is 10.00 Å². The molecule has 108 valence electrons. The Bertz CT molecular complexity index is 484. The summed E-state index contributed by atoms with van der Waals surface area (Å²) < 4.78 is 5.24. The van der Waals surface area contributed by atoms with Crippen molar-refractivity contribution in [1.29, 1.82) is 5.26 Å². The molecule has 0 amide bonds. The summed E-state index contributed by atoms with van der Waals surface area (Å²) in [6.45, 7) is 4.28. The van der Waals surface area contributed by atoms with Gasteiger partial charge in [0.1, 0.15) is 11.8 Å². The van der Waals surface area contributed by atoms with Gasteiger partial charge in [-0.25, -0.2) is 0 Å². The molecule has 1 aromatic carbocycles. The molecular weight excluding hydrogens is 248 g/mol. The van der Waals surface area contributed by atoms with E-state index in [1.807, 2.05) is 18.2 Å². The SMILES string of the molecule is COc1cc(CNCC2(C)CCCCC2)ccc1C#N. The Morgan fingerprint density at radius 1 is 1.30 bits per heavy atom. The lowest BCUT2D eigenvalue weighted by Crippen LogP contribution is -2.33. The fraction of sp³-hybridized carbons (Fsp3) is 0.588. The highest BCUT2D eigenvalue weighted by atomic mass is 16.5. The summed E-state index contributed by atoms with van der Waals surface area (Å²) in [6.07, 6.45) is 6.78. The predicted octanol–water partition coefficient (Wildman–Crippen LogP) is 3.63. The summed E-state index contributed by atoms with van der Waals surface area (Å²) in [5, 5.41) is 12.5. The number of hydrogen-bond acceptors (Lipinski definition) is 3. The van der Waals surface area contributed by atoms with E-state index in [0.29, 0.717) is 16.7 Å². The molecule has 1 aliphatic carbocycles. The molecule has 20 heavy (non-hydrogen) atoms. The van der Waals surface area contributed by atoms with Gasteiger partial charge in [-0.3, -0.25) is 0 Å². The van der Waals surface area contributed by atoms with Gasteiger partial charge >= 0.3 is 0 Å². The molecule has 1 aromatic rings. The Labute approximate surface area is 121 Å². The Hall–Kier alpha value is -1.53. The molecule has 1 N–H and O–H groups in total. The third kappa shape index (κ3) is 3.74. The highest BCUT2D eigenvalue weighted by Gasteiger charge is 2.25. The van der Waals surface area contributed by atoms with Gasteiger partial charge < -0.3 is 10.1 Å². The molecule has 0 radical (unpaired) electrons. The van der Waals surface area contributed by atoms with E-state index >= 15 is 0 Å². The molecular formula is C17H24N2O. The van der Waals surface area contributed by atoms with Crippen molar-refractivity contribution < 1.29 is 4.74 Å². The standard InChI is InChI=1S/C17H24N2O/c1-17(8-4-3-5-9-17)13-19-12-14-6-7-15(11-18)16(10-14)20-2/h6-7,10,19H,3-5,8-9,12-13H2,1-2H3. The Morgan fingerprint density at radius 2 is 2.05 bits per heavy atom. The van der Waals surface area contributed by atoms with Crippen LogP contribution < -0.4 is 10.1 Å². The number of methoxy groups -OCH3 is 1. The normalized spacial score (nSPS) is 17.4. The lowest BCUT2D eigenvalue weighted by Gasteiger charge is -2.33. The minimum atomic E-state index is 0.453. The minimum absolute atomic E-state index is 0.453. The van der Waals surface area contributed by atoms with E-state index in [0.717, 1.165) is 13.1 Å². The average Bonchev–Trinajstić information content (AvgIpc) is 2.47. The van der Waals surface area contributed by atoms with E-state index in [9.17, 15) is 0 Å². The van der Waals surface area contributed by atoms with Gasteiger partial charge in [-0.05, 0) is 36.0 Å². The maximum Gasteiger partial charge on any atom is 0.136 e. The Morgan fingerprint density at radius 3 is 2.70 bits per heavy atom. The number of benzene rings is 1. The van der Waals surface area contributed by atoms with Crippen molar-refractivity contribution >= 4 is 0 Å². The topological polar surface area (TPSA) is 45.0 Å². The molecule has 1 saturated carbocycles. The summed E-state index contributed by atoms with van der Waals surface area (Å²) in [4.78, 5) is 0. The summed E-state index contributed by atoms with van der Waals surface area (Å²) in [6, 6.07) is 7.92. The van der Waals surface area contributed by atoms with Crippen molar-refractivity contribution in [3.8, 4) is 11.8 Å². The summed E-state index contributed by atoms with van der Waals surface area (Å²) in [5.41, 5.74) is 2.21. The van der Waals surface area contributed by atoms with E-state index < -0.39 is 0 Å². The zero-order valence-electron chi connectivity index (χ0n) is 12.5. The first-order valence-corrected chi connectivity index (χ1v) is 7.45. The first-order chi connectivity index (χ1) is 9.67. The first-order valence-electron chi connectivity index (χ1n) is 7.45. The molecule has 0 atom stereocenters. The highest BCUT2D eigenvalue weighted by molar-refractivity contribution is 5.45. The van der Waals surface area contributed by atoms with Crippen LogP contribution in [0.4, 0.5) is 0 Å². The van der Waals surface area contributed by atoms with Crippen molar-refractivity contribution in [1.82, 2.24) is 5.32 Å². The quantitative estimate of drug-likeness (QED) is 0.890.